The third-order valence-electron chi connectivity index (χ3n) is 2.76. The lowest BCUT2D eigenvalue weighted by atomic mass is 10.1. The van der Waals surface area contributed by atoms with Crippen molar-refractivity contribution in [3.63, 3.8) is 0 Å². The molecular weight excluding hydrogens is 302 g/mol. The van der Waals surface area contributed by atoms with E-state index in [-0.39, 0.29) is 28.4 Å². The molecule has 2 aromatic rings. The molecule has 0 aliphatic heterocycles. The zero-order valence-corrected chi connectivity index (χ0v) is 11.8. The van der Waals surface area contributed by atoms with Crippen LogP contribution in [0.2, 0.25) is 10.0 Å². The molecule has 0 fully saturated rings. The number of hydrogen-bond donors (Lipinski definition) is 2. The van der Waals surface area contributed by atoms with Crippen LogP contribution in [-0.2, 0) is 6.54 Å². The number of amides is 1. The Kier molecular flexibility index (Phi) is 4.47. The van der Waals surface area contributed by atoms with Gasteiger partial charge in [0.25, 0.3) is 5.91 Å². The molecule has 3 N–H and O–H groups in total. The molecule has 0 radical (unpaired) electrons. The van der Waals surface area contributed by atoms with Gasteiger partial charge in [-0.15, -0.1) is 0 Å². The topological polar surface area (TPSA) is 55.1 Å². The van der Waals surface area contributed by atoms with Crippen LogP contribution < -0.4 is 11.1 Å². The lowest BCUT2D eigenvalue weighted by molar-refractivity contribution is 0.0951. The first-order valence-electron chi connectivity index (χ1n) is 5.75. The number of hydrogen-bond acceptors (Lipinski definition) is 2. The molecule has 20 heavy (non-hydrogen) atoms. The smallest absolute Gasteiger partial charge is 0.253 e. The van der Waals surface area contributed by atoms with Crippen molar-refractivity contribution in [2.45, 2.75) is 6.54 Å². The summed E-state index contributed by atoms with van der Waals surface area (Å²) in [6, 6.07) is 8.89. The molecule has 0 atom stereocenters. The van der Waals surface area contributed by atoms with E-state index in [4.69, 9.17) is 28.9 Å². The molecule has 104 valence electrons. The van der Waals surface area contributed by atoms with Gasteiger partial charge in [-0.2, -0.15) is 0 Å². The Morgan fingerprint density at radius 2 is 2.00 bits per heavy atom. The number of anilines is 1. The monoisotopic (exact) mass is 312 g/mol. The van der Waals surface area contributed by atoms with Gasteiger partial charge < -0.3 is 11.1 Å². The zero-order valence-electron chi connectivity index (χ0n) is 10.3. The highest BCUT2D eigenvalue weighted by Crippen LogP contribution is 2.21. The maximum absolute atomic E-state index is 13.6. The van der Waals surface area contributed by atoms with E-state index in [1.54, 1.807) is 12.1 Å². The summed E-state index contributed by atoms with van der Waals surface area (Å²) in [5.41, 5.74) is 6.46. The first-order chi connectivity index (χ1) is 9.49. The van der Waals surface area contributed by atoms with Gasteiger partial charge in [-0.1, -0.05) is 29.3 Å². The minimum atomic E-state index is -0.465. The molecule has 2 rings (SSSR count). The summed E-state index contributed by atoms with van der Waals surface area (Å²) in [7, 11) is 0. The van der Waals surface area contributed by atoms with E-state index in [2.05, 4.69) is 5.32 Å². The first kappa shape index (κ1) is 14.6. The maximum atomic E-state index is 13.6. The van der Waals surface area contributed by atoms with Crippen molar-refractivity contribution in [1.29, 1.82) is 0 Å². The summed E-state index contributed by atoms with van der Waals surface area (Å²) in [5.74, 6) is -0.887. The number of halogens is 3. The van der Waals surface area contributed by atoms with Crippen LogP contribution in [0.4, 0.5) is 10.1 Å². The minimum absolute atomic E-state index is 0.0176. The predicted octanol–water partition coefficient (Wildman–Crippen LogP) is 3.64. The standard InChI is InChI=1S/C14H11Cl2FN2O/c15-8-4-5-9(11(16)6-8)14(20)19-7-10-12(17)2-1-3-13(10)18/h1-6H,7,18H2,(H,19,20). The molecular formula is C14H11Cl2FN2O. The van der Waals surface area contributed by atoms with Crippen LogP contribution in [0.5, 0.6) is 0 Å². The Bertz CT molecular complexity index is 641. The van der Waals surface area contributed by atoms with Crippen LogP contribution >= 0.6 is 23.2 Å². The van der Waals surface area contributed by atoms with Crippen molar-refractivity contribution in [2.24, 2.45) is 0 Å². The largest absolute Gasteiger partial charge is 0.398 e. The number of carbonyl (C=O) groups is 1. The van der Waals surface area contributed by atoms with E-state index in [1.807, 2.05) is 0 Å². The van der Waals surface area contributed by atoms with Crippen LogP contribution in [0.3, 0.4) is 0 Å². The molecule has 3 nitrogen and oxygen atoms in total. The second-order valence-corrected chi connectivity index (χ2v) is 4.96. The summed E-state index contributed by atoms with van der Waals surface area (Å²) in [6.07, 6.45) is 0. The lowest BCUT2D eigenvalue weighted by Crippen LogP contribution is -2.24. The fraction of sp³-hybridized carbons (Fsp3) is 0.0714. The Balaban J connectivity index is 2.13. The highest BCUT2D eigenvalue weighted by Gasteiger charge is 2.12. The highest BCUT2D eigenvalue weighted by atomic mass is 35.5. The van der Waals surface area contributed by atoms with Crippen molar-refractivity contribution >= 4 is 34.8 Å². The van der Waals surface area contributed by atoms with Gasteiger partial charge in [-0.05, 0) is 30.3 Å². The molecule has 0 saturated carbocycles. The second kappa shape index (κ2) is 6.11. The molecule has 1 amide bonds. The molecule has 0 aliphatic rings. The predicted molar refractivity (Wildman–Crippen MR) is 78.4 cm³/mol. The Morgan fingerprint density at radius 3 is 2.65 bits per heavy atom. The van der Waals surface area contributed by atoms with Crippen molar-refractivity contribution in [3.05, 3.63) is 63.4 Å². The maximum Gasteiger partial charge on any atom is 0.253 e. The van der Waals surface area contributed by atoms with Crippen LogP contribution in [0, 0.1) is 5.82 Å². The van der Waals surface area contributed by atoms with Crippen LogP contribution in [0.1, 0.15) is 15.9 Å². The normalized spacial score (nSPS) is 10.3. The molecule has 0 aromatic heterocycles. The van der Waals surface area contributed by atoms with E-state index < -0.39 is 11.7 Å². The summed E-state index contributed by atoms with van der Waals surface area (Å²) < 4.78 is 13.6. The molecule has 0 saturated heterocycles. The first-order valence-corrected chi connectivity index (χ1v) is 6.50. The van der Waals surface area contributed by atoms with Crippen LogP contribution in [0.25, 0.3) is 0 Å². The fourth-order valence-electron chi connectivity index (χ4n) is 1.70. The molecule has 2 aromatic carbocycles. The van der Waals surface area contributed by atoms with Gasteiger partial charge in [0.1, 0.15) is 5.82 Å². The summed E-state index contributed by atoms with van der Waals surface area (Å²) in [5, 5.41) is 3.24. The third kappa shape index (κ3) is 3.21. The number of benzene rings is 2. The van der Waals surface area contributed by atoms with Gasteiger partial charge in [0.05, 0.1) is 10.6 Å². The van der Waals surface area contributed by atoms with Crippen molar-refractivity contribution in [2.75, 3.05) is 5.73 Å². The van der Waals surface area contributed by atoms with E-state index in [1.165, 1.54) is 24.3 Å². The number of nitrogens with one attached hydrogen (secondary N) is 1. The number of rotatable bonds is 3. The average Bonchev–Trinajstić information content (AvgIpc) is 2.37. The van der Waals surface area contributed by atoms with Gasteiger partial charge in [-0.25, -0.2) is 4.39 Å². The highest BCUT2D eigenvalue weighted by molar-refractivity contribution is 6.36. The Morgan fingerprint density at radius 1 is 1.25 bits per heavy atom. The number of carbonyl (C=O) groups excluding carboxylic acids is 1. The molecule has 6 heteroatoms. The lowest BCUT2D eigenvalue weighted by Gasteiger charge is -2.10. The molecule has 0 bridgehead atoms. The quantitative estimate of drug-likeness (QED) is 0.850. The van der Waals surface area contributed by atoms with Gasteiger partial charge in [0, 0.05) is 22.8 Å². The summed E-state index contributed by atoms with van der Waals surface area (Å²) in [6.45, 7) is -0.0176. The summed E-state index contributed by atoms with van der Waals surface area (Å²) in [4.78, 5) is 12.0. The van der Waals surface area contributed by atoms with Crippen molar-refractivity contribution < 1.29 is 9.18 Å². The van der Waals surface area contributed by atoms with Crippen LogP contribution in [-0.4, -0.2) is 5.91 Å². The molecule has 0 heterocycles. The Hall–Kier alpha value is -1.78. The third-order valence-corrected chi connectivity index (χ3v) is 3.30. The number of nitrogen functional groups attached to an aromatic ring is 1. The SMILES string of the molecule is Nc1cccc(F)c1CNC(=O)c1ccc(Cl)cc1Cl. The van der Waals surface area contributed by atoms with Gasteiger partial charge in [0.15, 0.2) is 0 Å². The van der Waals surface area contributed by atoms with Crippen molar-refractivity contribution in [1.82, 2.24) is 5.32 Å². The van der Waals surface area contributed by atoms with E-state index >= 15 is 0 Å². The van der Waals surface area contributed by atoms with Gasteiger partial charge in [-0.3, -0.25) is 4.79 Å². The van der Waals surface area contributed by atoms with E-state index in [9.17, 15) is 9.18 Å². The Labute approximate surface area is 125 Å². The van der Waals surface area contributed by atoms with E-state index in [0.717, 1.165) is 0 Å². The van der Waals surface area contributed by atoms with E-state index in [0.29, 0.717) is 5.02 Å². The summed E-state index contributed by atoms with van der Waals surface area (Å²) >= 11 is 11.7. The molecule has 0 spiro atoms. The van der Waals surface area contributed by atoms with Crippen LogP contribution in [0.15, 0.2) is 36.4 Å². The fourth-order valence-corrected chi connectivity index (χ4v) is 2.19. The van der Waals surface area contributed by atoms with Gasteiger partial charge in [0.2, 0.25) is 0 Å². The molecule has 0 aliphatic carbocycles. The zero-order chi connectivity index (χ0) is 14.7. The average molecular weight is 313 g/mol. The van der Waals surface area contributed by atoms with Crippen molar-refractivity contribution in [3.8, 4) is 0 Å². The second-order valence-electron chi connectivity index (χ2n) is 4.11. The number of nitrogens with two attached hydrogens (primary N) is 1. The minimum Gasteiger partial charge on any atom is -0.398 e. The van der Waals surface area contributed by atoms with Gasteiger partial charge >= 0.3 is 0 Å². The molecule has 0 unspecified atom stereocenters.